The molecule has 4 rings (SSSR count). The Morgan fingerprint density at radius 3 is 2.71 bits per heavy atom. The van der Waals surface area contributed by atoms with E-state index in [-0.39, 0.29) is 12.0 Å². The van der Waals surface area contributed by atoms with E-state index < -0.39 is 0 Å². The monoisotopic (exact) mass is 376 g/mol. The number of para-hydroxylation sites is 1. The van der Waals surface area contributed by atoms with Crippen LogP contribution in [0.15, 0.2) is 48.7 Å². The van der Waals surface area contributed by atoms with Gasteiger partial charge in [0, 0.05) is 37.1 Å². The van der Waals surface area contributed by atoms with Crippen LogP contribution >= 0.6 is 0 Å². The molecule has 2 heterocycles. The first-order chi connectivity index (χ1) is 13.5. The molecule has 2 atom stereocenters. The summed E-state index contributed by atoms with van der Waals surface area (Å²) >= 11 is 0. The topological polar surface area (TPSA) is 45.6 Å². The van der Waals surface area contributed by atoms with Crippen molar-refractivity contribution in [2.75, 3.05) is 20.2 Å². The van der Waals surface area contributed by atoms with E-state index in [1.54, 1.807) is 7.11 Å². The summed E-state index contributed by atoms with van der Waals surface area (Å²) in [6.07, 6.45) is 2.45. The van der Waals surface area contributed by atoms with Gasteiger partial charge in [0.2, 0.25) is 0 Å². The van der Waals surface area contributed by atoms with Crippen LogP contribution in [0.4, 0.5) is 0 Å². The molecule has 1 aliphatic rings. The van der Waals surface area contributed by atoms with Crippen molar-refractivity contribution in [3.8, 4) is 5.75 Å². The maximum absolute atomic E-state index is 10.7. The number of benzene rings is 2. The number of ether oxygens (including phenoxy) is 1. The summed E-state index contributed by atoms with van der Waals surface area (Å²) in [5.41, 5.74) is 5.99. The van der Waals surface area contributed by atoms with E-state index in [4.69, 9.17) is 4.74 Å². The van der Waals surface area contributed by atoms with Crippen LogP contribution in [-0.2, 0) is 13.0 Å². The number of aromatic nitrogens is 1. The Balaban J connectivity index is 1.48. The highest BCUT2D eigenvalue weighted by molar-refractivity contribution is 5.81. The fraction of sp³-hybridized carbons (Fsp3) is 0.375. The molecule has 28 heavy (non-hydrogen) atoms. The Bertz CT molecular complexity index is 980. The van der Waals surface area contributed by atoms with Crippen LogP contribution in [-0.4, -0.2) is 41.3 Å². The fourth-order valence-electron chi connectivity index (χ4n) is 4.37. The minimum atomic E-state index is -0.299. The van der Waals surface area contributed by atoms with Crippen LogP contribution in [0.3, 0.4) is 0 Å². The van der Waals surface area contributed by atoms with Crippen LogP contribution in [0.1, 0.15) is 22.3 Å². The first kappa shape index (κ1) is 18.9. The normalized spacial score (nSPS) is 20.0. The van der Waals surface area contributed by atoms with E-state index in [0.29, 0.717) is 0 Å². The lowest BCUT2D eigenvalue weighted by molar-refractivity contribution is 0.141. The SMILES string of the molecule is COc1cc(C)c(CN2C[C@@H](Cc3ccnc4ccccc34)[C@H](O)C2)cc1C. The molecule has 3 aromatic rings. The van der Waals surface area contributed by atoms with Crippen molar-refractivity contribution in [3.63, 3.8) is 0 Å². The Hall–Kier alpha value is -2.43. The average Bonchev–Trinajstić information content (AvgIpc) is 3.03. The lowest BCUT2D eigenvalue weighted by atomic mass is 9.94. The molecule has 1 aliphatic heterocycles. The highest BCUT2D eigenvalue weighted by Crippen LogP contribution is 2.28. The second-order valence-corrected chi connectivity index (χ2v) is 7.96. The Morgan fingerprint density at radius 1 is 1.07 bits per heavy atom. The summed E-state index contributed by atoms with van der Waals surface area (Å²) < 4.78 is 5.43. The number of β-amino-alcohol motifs (C(OH)–C–C–N with tert-alkyl or cyclic N) is 1. The summed E-state index contributed by atoms with van der Waals surface area (Å²) in [6, 6.07) is 14.7. The third-order valence-electron chi connectivity index (χ3n) is 5.95. The number of hydrogen-bond donors (Lipinski definition) is 1. The summed E-state index contributed by atoms with van der Waals surface area (Å²) in [5.74, 6) is 1.18. The number of likely N-dealkylation sites (tertiary alicyclic amines) is 1. The van der Waals surface area contributed by atoms with Gasteiger partial charge in [-0.2, -0.15) is 0 Å². The number of aryl methyl sites for hydroxylation is 2. The van der Waals surface area contributed by atoms with Gasteiger partial charge < -0.3 is 9.84 Å². The number of rotatable bonds is 5. The predicted molar refractivity (Wildman–Crippen MR) is 113 cm³/mol. The highest BCUT2D eigenvalue weighted by Gasteiger charge is 2.31. The molecule has 146 valence electrons. The van der Waals surface area contributed by atoms with Crippen LogP contribution in [0.25, 0.3) is 10.9 Å². The Morgan fingerprint density at radius 2 is 1.89 bits per heavy atom. The van der Waals surface area contributed by atoms with Crippen molar-refractivity contribution in [1.29, 1.82) is 0 Å². The summed E-state index contributed by atoms with van der Waals surface area (Å²) in [6.45, 7) is 6.70. The summed E-state index contributed by atoms with van der Waals surface area (Å²) in [4.78, 5) is 6.82. The van der Waals surface area contributed by atoms with Gasteiger partial charge in [0.1, 0.15) is 5.75 Å². The molecule has 0 saturated carbocycles. The number of fused-ring (bicyclic) bond motifs is 1. The first-order valence-corrected chi connectivity index (χ1v) is 9.92. The van der Waals surface area contributed by atoms with Crippen LogP contribution < -0.4 is 4.74 Å². The van der Waals surface area contributed by atoms with Gasteiger partial charge >= 0.3 is 0 Å². The summed E-state index contributed by atoms with van der Waals surface area (Å²) in [5, 5.41) is 11.9. The van der Waals surface area contributed by atoms with E-state index in [2.05, 4.69) is 54.1 Å². The summed E-state index contributed by atoms with van der Waals surface area (Å²) in [7, 11) is 1.71. The molecule has 1 aromatic heterocycles. The maximum atomic E-state index is 10.7. The smallest absolute Gasteiger partial charge is 0.122 e. The third kappa shape index (κ3) is 3.75. The molecule has 1 N–H and O–H groups in total. The van der Waals surface area contributed by atoms with Gasteiger partial charge in [-0.15, -0.1) is 0 Å². The van der Waals surface area contributed by atoms with Gasteiger partial charge in [0.15, 0.2) is 0 Å². The number of aliphatic hydroxyl groups is 1. The quantitative estimate of drug-likeness (QED) is 0.734. The molecular formula is C24H28N2O2. The van der Waals surface area contributed by atoms with E-state index in [1.807, 2.05) is 18.3 Å². The number of pyridine rings is 1. The molecule has 1 fully saturated rings. The third-order valence-corrected chi connectivity index (χ3v) is 5.95. The lowest BCUT2D eigenvalue weighted by Gasteiger charge is -2.19. The zero-order valence-electron chi connectivity index (χ0n) is 16.9. The van der Waals surface area contributed by atoms with E-state index in [1.165, 1.54) is 22.1 Å². The standard InChI is InChI=1S/C24H28N2O2/c1-16-11-24(28-3)17(2)10-19(16)13-26-14-20(23(27)15-26)12-18-8-9-25-22-7-5-4-6-21(18)22/h4-11,20,23,27H,12-15H2,1-3H3/t20-,23-/m1/s1. The largest absolute Gasteiger partial charge is 0.496 e. The molecule has 0 amide bonds. The fourth-order valence-corrected chi connectivity index (χ4v) is 4.37. The molecule has 4 heteroatoms. The second kappa shape index (κ2) is 7.90. The first-order valence-electron chi connectivity index (χ1n) is 9.92. The van der Waals surface area contributed by atoms with E-state index >= 15 is 0 Å². The average molecular weight is 377 g/mol. The molecule has 2 aromatic carbocycles. The van der Waals surface area contributed by atoms with Crippen molar-refractivity contribution < 1.29 is 9.84 Å². The van der Waals surface area contributed by atoms with Crippen molar-refractivity contribution in [2.24, 2.45) is 5.92 Å². The van der Waals surface area contributed by atoms with Crippen molar-refractivity contribution in [3.05, 3.63) is 70.9 Å². The van der Waals surface area contributed by atoms with Gasteiger partial charge in [0.05, 0.1) is 18.7 Å². The number of nitrogens with zero attached hydrogens (tertiary/aromatic N) is 2. The van der Waals surface area contributed by atoms with Gasteiger partial charge in [0.25, 0.3) is 0 Å². The van der Waals surface area contributed by atoms with Gasteiger partial charge in [-0.25, -0.2) is 0 Å². The predicted octanol–water partition coefficient (Wildman–Crippen LogP) is 3.90. The van der Waals surface area contributed by atoms with E-state index in [9.17, 15) is 5.11 Å². The minimum Gasteiger partial charge on any atom is -0.496 e. The van der Waals surface area contributed by atoms with Crippen LogP contribution in [0, 0.1) is 19.8 Å². The highest BCUT2D eigenvalue weighted by atomic mass is 16.5. The van der Waals surface area contributed by atoms with E-state index in [0.717, 1.165) is 42.9 Å². The number of hydrogen-bond acceptors (Lipinski definition) is 4. The number of aliphatic hydroxyl groups excluding tert-OH is 1. The minimum absolute atomic E-state index is 0.241. The number of methoxy groups -OCH3 is 1. The lowest BCUT2D eigenvalue weighted by Crippen LogP contribution is -2.22. The van der Waals surface area contributed by atoms with Crippen molar-refractivity contribution in [2.45, 2.75) is 32.9 Å². The van der Waals surface area contributed by atoms with Gasteiger partial charge in [-0.1, -0.05) is 24.3 Å². The van der Waals surface area contributed by atoms with Crippen molar-refractivity contribution >= 4 is 10.9 Å². The second-order valence-electron chi connectivity index (χ2n) is 7.96. The molecular weight excluding hydrogens is 348 g/mol. The van der Waals surface area contributed by atoms with Crippen LogP contribution in [0.5, 0.6) is 5.75 Å². The molecule has 0 spiro atoms. The maximum Gasteiger partial charge on any atom is 0.122 e. The van der Waals surface area contributed by atoms with Gasteiger partial charge in [-0.05, 0) is 60.7 Å². The van der Waals surface area contributed by atoms with Crippen molar-refractivity contribution in [1.82, 2.24) is 9.88 Å². The molecule has 0 radical (unpaired) electrons. The molecule has 0 unspecified atom stereocenters. The molecule has 0 bridgehead atoms. The van der Waals surface area contributed by atoms with Gasteiger partial charge in [-0.3, -0.25) is 9.88 Å². The molecule has 0 aliphatic carbocycles. The Kier molecular flexibility index (Phi) is 5.33. The zero-order valence-corrected chi connectivity index (χ0v) is 16.9. The molecule has 4 nitrogen and oxygen atoms in total. The molecule has 1 saturated heterocycles. The van der Waals surface area contributed by atoms with Crippen LogP contribution in [0.2, 0.25) is 0 Å². The zero-order chi connectivity index (χ0) is 19.7. The Labute approximate surface area is 166 Å².